The Bertz CT molecular complexity index is 1170. The molecule has 1 aliphatic rings. The molecule has 3 heterocycles. The minimum Gasteiger partial charge on any atom is -0.489 e. The third-order valence-electron chi connectivity index (χ3n) is 5.49. The predicted octanol–water partition coefficient (Wildman–Crippen LogP) is -0.165. The Hall–Kier alpha value is -4.12. The molecule has 0 saturated carbocycles. The van der Waals surface area contributed by atoms with Gasteiger partial charge in [-0.05, 0) is 13.1 Å². The predicted molar refractivity (Wildman–Crippen MR) is 127 cm³/mol. The quantitative estimate of drug-likeness (QED) is 0.395. The number of amides is 3. The van der Waals surface area contributed by atoms with Crippen LogP contribution in [0.5, 0.6) is 5.75 Å². The zero-order valence-corrected chi connectivity index (χ0v) is 19.9. The average molecular weight is 498 g/mol. The van der Waals surface area contributed by atoms with Gasteiger partial charge in [-0.1, -0.05) is 6.07 Å². The lowest BCUT2D eigenvalue weighted by Gasteiger charge is -2.32. The molecule has 1 atom stereocenters. The lowest BCUT2D eigenvalue weighted by molar-refractivity contribution is -0.136. The molecule has 0 spiro atoms. The van der Waals surface area contributed by atoms with Crippen LogP contribution in [0.25, 0.3) is 0 Å². The van der Waals surface area contributed by atoms with E-state index in [1.807, 2.05) is 18.0 Å². The number of pyridine rings is 2. The summed E-state index contributed by atoms with van der Waals surface area (Å²) in [6.45, 7) is 1.05. The van der Waals surface area contributed by atoms with E-state index in [1.165, 1.54) is 24.2 Å². The number of nitrogens with zero attached hydrogens (tertiary/aromatic N) is 6. The van der Waals surface area contributed by atoms with Crippen molar-refractivity contribution in [3.63, 3.8) is 0 Å². The van der Waals surface area contributed by atoms with Gasteiger partial charge in [-0.25, -0.2) is 14.8 Å². The monoisotopic (exact) mass is 497 g/mol. The van der Waals surface area contributed by atoms with Gasteiger partial charge >= 0.3 is 6.03 Å². The lowest BCUT2D eigenvalue weighted by Crippen LogP contribution is -2.48. The van der Waals surface area contributed by atoms with Gasteiger partial charge in [0.05, 0.1) is 19.3 Å². The third kappa shape index (κ3) is 6.51. The molecule has 1 fully saturated rings. The van der Waals surface area contributed by atoms with Gasteiger partial charge in [0, 0.05) is 38.3 Å². The number of carbonyl (C=O) groups excluding carboxylic acids is 3. The highest BCUT2D eigenvalue weighted by atomic mass is 16.5. The van der Waals surface area contributed by atoms with Crippen LogP contribution in [-0.4, -0.2) is 101 Å². The molecule has 3 rings (SSSR count). The van der Waals surface area contributed by atoms with Crippen LogP contribution in [0.15, 0.2) is 24.4 Å². The molecule has 190 valence electrons. The minimum absolute atomic E-state index is 0.0368. The first-order chi connectivity index (χ1) is 17.2. The van der Waals surface area contributed by atoms with Crippen molar-refractivity contribution in [3.05, 3.63) is 41.2 Å². The second-order valence-corrected chi connectivity index (χ2v) is 8.20. The molecule has 13 heteroatoms. The Kier molecular flexibility index (Phi) is 8.85. The van der Waals surface area contributed by atoms with Crippen molar-refractivity contribution < 1.29 is 29.3 Å². The van der Waals surface area contributed by atoms with Crippen LogP contribution in [0.3, 0.4) is 0 Å². The number of hydrogen-bond donors (Lipinski definition) is 3. The van der Waals surface area contributed by atoms with E-state index in [4.69, 9.17) is 9.84 Å². The minimum atomic E-state index is -1.13. The van der Waals surface area contributed by atoms with Crippen LogP contribution in [0.2, 0.25) is 0 Å². The van der Waals surface area contributed by atoms with Crippen molar-refractivity contribution >= 4 is 29.9 Å². The number of likely N-dealkylation sites (N-methyl/N-ethyl adjacent to an activating group) is 1. The number of ether oxygens (including phenoxy) is 1. The zero-order valence-electron chi connectivity index (χ0n) is 19.9. The normalized spacial score (nSPS) is 14.6. The highest BCUT2D eigenvalue weighted by molar-refractivity contribution is 6.00. The van der Waals surface area contributed by atoms with Gasteiger partial charge in [-0.15, -0.1) is 0 Å². The van der Waals surface area contributed by atoms with E-state index in [0.717, 1.165) is 6.54 Å². The smallest absolute Gasteiger partial charge is 0.328 e. The standard InChI is InChI=1S/C23H27N7O6/c1-28-5-6-30(22(34)11-28)10-15-3-4-21(26-18(15)13-32)29(2)23(35)27-20-7-19(16(8-24)9-25-20)36-14-17(33)12-31/h3-4,7,9,13,17,31,33H,5-6,10-12,14H2,1-2H3,(H,25,27,35). The molecule has 2 aromatic heterocycles. The highest BCUT2D eigenvalue weighted by Crippen LogP contribution is 2.22. The summed E-state index contributed by atoms with van der Waals surface area (Å²) < 4.78 is 5.35. The van der Waals surface area contributed by atoms with Gasteiger partial charge in [-0.2, -0.15) is 5.26 Å². The molecule has 3 N–H and O–H groups in total. The van der Waals surface area contributed by atoms with Gasteiger partial charge in [0.15, 0.2) is 6.29 Å². The number of rotatable bonds is 9. The molecule has 0 radical (unpaired) electrons. The molecular formula is C23H27N7O6. The lowest BCUT2D eigenvalue weighted by atomic mass is 10.1. The number of aliphatic hydroxyl groups excluding tert-OH is 2. The summed E-state index contributed by atoms with van der Waals surface area (Å²) in [7, 11) is 3.32. The van der Waals surface area contributed by atoms with E-state index >= 15 is 0 Å². The number of carbonyl (C=O) groups is 3. The van der Waals surface area contributed by atoms with Crippen molar-refractivity contribution in [3.8, 4) is 11.8 Å². The van der Waals surface area contributed by atoms with E-state index in [2.05, 4.69) is 15.3 Å². The summed E-state index contributed by atoms with van der Waals surface area (Å²) >= 11 is 0. The summed E-state index contributed by atoms with van der Waals surface area (Å²) in [6, 6.07) is 5.80. The summed E-state index contributed by atoms with van der Waals surface area (Å²) in [4.78, 5) is 49.8. The van der Waals surface area contributed by atoms with Crippen molar-refractivity contribution in [1.29, 1.82) is 5.26 Å². The van der Waals surface area contributed by atoms with Crippen LogP contribution in [0.4, 0.5) is 16.4 Å². The maximum Gasteiger partial charge on any atom is 0.328 e. The van der Waals surface area contributed by atoms with Crippen LogP contribution < -0.4 is 15.0 Å². The maximum atomic E-state index is 12.8. The van der Waals surface area contributed by atoms with Gasteiger partial charge in [0.1, 0.15) is 47.4 Å². The summed E-state index contributed by atoms with van der Waals surface area (Å²) in [5.41, 5.74) is 0.771. The van der Waals surface area contributed by atoms with E-state index < -0.39 is 18.7 Å². The third-order valence-corrected chi connectivity index (χ3v) is 5.49. The largest absolute Gasteiger partial charge is 0.489 e. The number of aromatic nitrogens is 2. The van der Waals surface area contributed by atoms with Crippen molar-refractivity contribution in [1.82, 2.24) is 19.8 Å². The number of nitrogens with one attached hydrogen (secondary N) is 1. The van der Waals surface area contributed by atoms with E-state index in [-0.39, 0.29) is 47.7 Å². The van der Waals surface area contributed by atoms with Crippen molar-refractivity contribution in [2.75, 3.05) is 57.2 Å². The number of aldehydes is 1. The summed E-state index contributed by atoms with van der Waals surface area (Å²) in [5.74, 6) is 0.298. The molecule has 1 unspecified atom stereocenters. The van der Waals surface area contributed by atoms with Crippen molar-refractivity contribution in [2.45, 2.75) is 12.6 Å². The number of piperazine rings is 1. The highest BCUT2D eigenvalue weighted by Gasteiger charge is 2.23. The SMILES string of the molecule is CN1CCN(Cc2ccc(N(C)C(=O)Nc3cc(OCC(O)CO)c(C#N)cn3)nc2C=O)C(=O)C1. The van der Waals surface area contributed by atoms with Gasteiger partial charge in [-0.3, -0.25) is 24.7 Å². The van der Waals surface area contributed by atoms with Gasteiger partial charge in [0.25, 0.3) is 0 Å². The Morgan fingerprint density at radius 2 is 2.19 bits per heavy atom. The number of aliphatic hydroxyl groups is 2. The Balaban J connectivity index is 1.71. The summed E-state index contributed by atoms with van der Waals surface area (Å²) in [5, 5.41) is 30.2. The molecule has 1 saturated heterocycles. The molecule has 0 aromatic carbocycles. The van der Waals surface area contributed by atoms with E-state index in [9.17, 15) is 24.8 Å². The fraction of sp³-hybridized carbons (Fsp3) is 0.391. The number of hydrogen-bond acceptors (Lipinski definition) is 10. The van der Waals surface area contributed by atoms with Crippen LogP contribution in [0, 0.1) is 11.3 Å². The Morgan fingerprint density at radius 1 is 1.42 bits per heavy atom. The van der Waals surface area contributed by atoms with Gasteiger partial charge < -0.3 is 19.8 Å². The molecule has 3 amide bonds. The Morgan fingerprint density at radius 3 is 2.86 bits per heavy atom. The zero-order chi connectivity index (χ0) is 26.2. The number of anilines is 2. The Labute approximate surface area is 207 Å². The topological polar surface area (TPSA) is 172 Å². The summed E-state index contributed by atoms with van der Waals surface area (Å²) in [6.07, 6.45) is 0.648. The molecule has 36 heavy (non-hydrogen) atoms. The number of urea groups is 1. The first-order valence-electron chi connectivity index (χ1n) is 11.0. The molecule has 2 aromatic rings. The average Bonchev–Trinajstić information content (AvgIpc) is 2.88. The number of nitriles is 1. The van der Waals surface area contributed by atoms with Crippen LogP contribution >= 0.6 is 0 Å². The van der Waals surface area contributed by atoms with Crippen LogP contribution in [-0.2, 0) is 11.3 Å². The first-order valence-corrected chi connectivity index (χ1v) is 11.0. The molecular weight excluding hydrogens is 470 g/mol. The first kappa shape index (κ1) is 26.5. The molecule has 0 aliphatic carbocycles. The van der Waals surface area contributed by atoms with E-state index in [1.54, 1.807) is 17.0 Å². The second kappa shape index (κ2) is 12.0. The molecule has 1 aliphatic heterocycles. The molecule has 13 nitrogen and oxygen atoms in total. The fourth-order valence-corrected chi connectivity index (χ4v) is 3.36. The van der Waals surface area contributed by atoms with Crippen molar-refractivity contribution in [2.24, 2.45) is 0 Å². The van der Waals surface area contributed by atoms with E-state index in [0.29, 0.717) is 24.9 Å². The second-order valence-electron chi connectivity index (χ2n) is 8.20. The van der Waals surface area contributed by atoms with Gasteiger partial charge in [0.2, 0.25) is 5.91 Å². The van der Waals surface area contributed by atoms with Crippen LogP contribution in [0.1, 0.15) is 21.6 Å². The maximum absolute atomic E-state index is 12.8. The fourth-order valence-electron chi connectivity index (χ4n) is 3.36. The molecule has 0 bridgehead atoms.